The number of halogens is 1. The molecule has 0 aliphatic carbocycles. The molecule has 2 rings (SSSR count). The van der Waals surface area contributed by atoms with E-state index < -0.39 is 24.0 Å². The molecular weight excluding hydrogens is 392 g/mol. The van der Waals surface area contributed by atoms with Crippen molar-refractivity contribution in [1.82, 2.24) is 15.5 Å². The number of H-pyrrole nitrogens is 1. The molecule has 4 N–H and O–H groups in total. The summed E-state index contributed by atoms with van der Waals surface area (Å²) in [7, 11) is 0. The number of imide groups is 1. The zero-order valence-corrected chi connectivity index (χ0v) is 15.2. The van der Waals surface area contributed by atoms with Crippen molar-refractivity contribution in [3.05, 3.63) is 40.5 Å². The number of urea groups is 1. The van der Waals surface area contributed by atoms with Gasteiger partial charge in [-0.1, -0.05) is 41.9 Å². The Morgan fingerprint density at radius 3 is 2.44 bits per heavy atom. The van der Waals surface area contributed by atoms with Gasteiger partial charge in [0, 0.05) is 10.0 Å². The second-order valence-corrected chi connectivity index (χ2v) is 6.51. The fourth-order valence-electron chi connectivity index (χ4n) is 2.06. The number of carbonyl (C=O) groups is 3. The molecule has 0 radical (unpaired) electrons. The Balaban J connectivity index is 2.13. The molecule has 1 heterocycles. The first-order valence-corrected chi connectivity index (χ1v) is 8.20. The standard InChI is InChI=1S/C16H17BrN4O4/c1-8(2)13(14(22)19-16(18)24)25-15(23)12-7-11(20-21-12)9-3-5-10(17)6-4-9/h3-8,13H,1-2H3,(H,20,21)(H3,18,19,22,24). The SMILES string of the molecule is CC(C)C(OC(=O)c1cc(-c2ccc(Br)cc2)n[nH]1)C(=O)NC(N)=O. The maximum absolute atomic E-state index is 12.3. The number of amides is 3. The third-order valence-corrected chi connectivity index (χ3v) is 3.81. The molecule has 1 aromatic carbocycles. The molecular formula is C16H17BrN4O4. The Labute approximate surface area is 152 Å². The quantitative estimate of drug-likeness (QED) is 0.653. The van der Waals surface area contributed by atoms with Crippen LogP contribution in [0.3, 0.4) is 0 Å². The number of hydrogen-bond donors (Lipinski definition) is 3. The van der Waals surface area contributed by atoms with E-state index in [9.17, 15) is 14.4 Å². The summed E-state index contributed by atoms with van der Waals surface area (Å²) < 4.78 is 6.11. The summed E-state index contributed by atoms with van der Waals surface area (Å²) in [6, 6.07) is 7.90. The van der Waals surface area contributed by atoms with Crippen molar-refractivity contribution in [1.29, 1.82) is 0 Å². The van der Waals surface area contributed by atoms with E-state index in [0.717, 1.165) is 10.0 Å². The molecule has 0 spiro atoms. The Morgan fingerprint density at radius 1 is 1.24 bits per heavy atom. The Morgan fingerprint density at radius 2 is 1.88 bits per heavy atom. The maximum Gasteiger partial charge on any atom is 0.357 e. The summed E-state index contributed by atoms with van der Waals surface area (Å²) in [4.78, 5) is 35.0. The first-order chi connectivity index (χ1) is 11.8. The van der Waals surface area contributed by atoms with Crippen molar-refractivity contribution >= 4 is 33.8 Å². The average Bonchev–Trinajstić information content (AvgIpc) is 3.02. The molecule has 2 aromatic rings. The number of nitrogens with zero attached hydrogens (tertiary/aromatic N) is 1. The first kappa shape index (κ1) is 18.7. The van der Waals surface area contributed by atoms with Crippen LogP contribution in [0.4, 0.5) is 4.79 Å². The number of benzene rings is 1. The fourth-order valence-corrected chi connectivity index (χ4v) is 2.32. The molecule has 1 unspecified atom stereocenters. The van der Waals surface area contributed by atoms with Crippen molar-refractivity contribution < 1.29 is 19.1 Å². The van der Waals surface area contributed by atoms with Crippen molar-refractivity contribution in [2.45, 2.75) is 20.0 Å². The molecule has 0 saturated carbocycles. The van der Waals surface area contributed by atoms with Crippen molar-refractivity contribution in [2.75, 3.05) is 0 Å². The number of nitrogens with two attached hydrogens (primary N) is 1. The number of carbonyl (C=O) groups excluding carboxylic acids is 3. The lowest BCUT2D eigenvalue weighted by Gasteiger charge is -2.19. The van der Waals surface area contributed by atoms with Crippen molar-refractivity contribution in [3.8, 4) is 11.3 Å². The molecule has 0 aliphatic heterocycles. The van der Waals surface area contributed by atoms with E-state index in [2.05, 4.69) is 26.1 Å². The van der Waals surface area contributed by atoms with Crippen LogP contribution in [-0.4, -0.2) is 34.2 Å². The first-order valence-electron chi connectivity index (χ1n) is 7.40. The normalized spacial score (nSPS) is 11.8. The number of hydrogen-bond acceptors (Lipinski definition) is 5. The number of aromatic amines is 1. The minimum atomic E-state index is -1.15. The van der Waals surface area contributed by atoms with Crippen LogP contribution in [0.2, 0.25) is 0 Å². The lowest BCUT2D eigenvalue weighted by Crippen LogP contribution is -2.45. The van der Waals surface area contributed by atoms with E-state index in [1.165, 1.54) is 6.07 Å². The van der Waals surface area contributed by atoms with Gasteiger partial charge in [-0.15, -0.1) is 0 Å². The number of primary amides is 1. The van der Waals surface area contributed by atoms with Gasteiger partial charge in [0.1, 0.15) is 5.69 Å². The van der Waals surface area contributed by atoms with Crippen LogP contribution in [0.1, 0.15) is 24.3 Å². The summed E-state index contributed by atoms with van der Waals surface area (Å²) in [5, 5.41) is 8.56. The molecule has 0 fully saturated rings. The lowest BCUT2D eigenvalue weighted by atomic mass is 10.1. The highest BCUT2D eigenvalue weighted by Gasteiger charge is 2.28. The summed E-state index contributed by atoms with van der Waals surface area (Å²) >= 11 is 3.34. The zero-order valence-electron chi connectivity index (χ0n) is 13.6. The maximum atomic E-state index is 12.3. The van der Waals surface area contributed by atoms with Gasteiger partial charge in [0.25, 0.3) is 5.91 Å². The Hall–Kier alpha value is -2.68. The van der Waals surface area contributed by atoms with Gasteiger partial charge < -0.3 is 10.5 Å². The second kappa shape index (κ2) is 7.93. The van der Waals surface area contributed by atoms with Gasteiger partial charge in [0.2, 0.25) is 0 Å². The molecule has 0 aliphatic rings. The van der Waals surface area contributed by atoms with E-state index in [1.807, 2.05) is 29.6 Å². The van der Waals surface area contributed by atoms with Crippen LogP contribution < -0.4 is 11.1 Å². The molecule has 25 heavy (non-hydrogen) atoms. The highest BCUT2D eigenvalue weighted by Crippen LogP contribution is 2.21. The van der Waals surface area contributed by atoms with Gasteiger partial charge in [-0.25, -0.2) is 9.59 Å². The predicted octanol–water partition coefficient (Wildman–Crippen LogP) is 2.22. The summed E-state index contributed by atoms with van der Waals surface area (Å²) in [5.74, 6) is -1.88. The minimum Gasteiger partial charge on any atom is -0.447 e. The van der Waals surface area contributed by atoms with E-state index >= 15 is 0 Å². The average molecular weight is 409 g/mol. The summed E-state index contributed by atoms with van der Waals surface area (Å²) in [6.07, 6.45) is -1.15. The largest absolute Gasteiger partial charge is 0.447 e. The molecule has 0 saturated heterocycles. The van der Waals surface area contributed by atoms with Gasteiger partial charge in [0.15, 0.2) is 6.10 Å². The molecule has 1 atom stereocenters. The lowest BCUT2D eigenvalue weighted by molar-refractivity contribution is -0.130. The van der Waals surface area contributed by atoms with E-state index in [0.29, 0.717) is 5.69 Å². The van der Waals surface area contributed by atoms with Gasteiger partial charge in [-0.3, -0.25) is 15.2 Å². The van der Waals surface area contributed by atoms with Crippen molar-refractivity contribution in [2.24, 2.45) is 11.7 Å². The van der Waals surface area contributed by atoms with E-state index in [1.54, 1.807) is 13.8 Å². The van der Waals surface area contributed by atoms with Gasteiger partial charge in [0.05, 0.1) is 5.69 Å². The van der Waals surface area contributed by atoms with Gasteiger partial charge in [-0.2, -0.15) is 5.10 Å². The molecule has 0 bridgehead atoms. The third-order valence-electron chi connectivity index (χ3n) is 3.28. The molecule has 9 heteroatoms. The fraction of sp³-hybridized carbons (Fsp3) is 0.250. The second-order valence-electron chi connectivity index (χ2n) is 5.60. The molecule has 132 valence electrons. The van der Waals surface area contributed by atoms with Crippen LogP contribution in [0, 0.1) is 5.92 Å². The van der Waals surface area contributed by atoms with Crippen LogP contribution >= 0.6 is 15.9 Å². The topological polar surface area (TPSA) is 127 Å². The third kappa shape index (κ3) is 4.90. The number of esters is 1. The van der Waals surface area contributed by atoms with Crippen LogP contribution in [-0.2, 0) is 9.53 Å². The van der Waals surface area contributed by atoms with E-state index in [-0.39, 0.29) is 11.6 Å². The highest BCUT2D eigenvalue weighted by atomic mass is 79.9. The molecule has 3 amide bonds. The summed E-state index contributed by atoms with van der Waals surface area (Å²) in [6.45, 7) is 3.36. The molecule has 1 aromatic heterocycles. The summed E-state index contributed by atoms with van der Waals surface area (Å²) in [5.41, 5.74) is 6.38. The number of nitrogens with one attached hydrogen (secondary N) is 2. The Kier molecular flexibility index (Phi) is 5.92. The van der Waals surface area contributed by atoms with Crippen LogP contribution in [0.5, 0.6) is 0 Å². The number of rotatable bonds is 5. The number of ether oxygens (including phenoxy) is 1. The van der Waals surface area contributed by atoms with Crippen molar-refractivity contribution in [3.63, 3.8) is 0 Å². The minimum absolute atomic E-state index is 0.0930. The van der Waals surface area contributed by atoms with Crippen LogP contribution in [0.15, 0.2) is 34.8 Å². The van der Waals surface area contributed by atoms with Gasteiger partial charge in [-0.05, 0) is 24.1 Å². The smallest absolute Gasteiger partial charge is 0.357 e. The zero-order chi connectivity index (χ0) is 18.6. The van der Waals surface area contributed by atoms with E-state index in [4.69, 9.17) is 10.5 Å². The predicted molar refractivity (Wildman–Crippen MR) is 93.5 cm³/mol. The molecule has 8 nitrogen and oxygen atoms in total. The Bertz CT molecular complexity index is 786. The number of aromatic nitrogens is 2. The van der Waals surface area contributed by atoms with Gasteiger partial charge >= 0.3 is 12.0 Å². The highest BCUT2D eigenvalue weighted by molar-refractivity contribution is 9.10. The monoisotopic (exact) mass is 408 g/mol. The van der Waals surface area contributed by atoms with Crippen LogP contribution in [0.25, 0.3) is 11.3 Å².